The maximum atomic E-state index is 12.6. The molecule has 0 spiro atoms. The Labute approximate surface area is 150 Å². The highest BCUT2D eigenvalue weighted by atomic mass is 35.5. The van der Waals surface area contributed by atoms with Gasteiger partial charge in [-0.3, -0.25) is 14.9 Å². The molecule has 26 heavy (non-hydrogen) atoms. The van der Waals surface area contributed by atoms with Crippen LogP contribution < -0.4 is 15.4 Å². The van der Waals surface area contributed by atoms with E-state index in [2.05, 4.69) is 30.9 Å². The molecule has 0 saturated heterocycles. The summed E-state index contributed by atoms with van der Waals surface area (Å²) < 4.78 is 30.8. The second-order valence-corrected chi connectivity index (χ2v) is 5.90. The molecule has 2 N–H and O–H groups in total. The normalized spacial score (nSPS) is 13.6. The molecule has 138 valence electrons. The second kappa shape index (κ2) is 7.20. The van der Waals surface area contributed by atoms with Crippen molar-refractivity contribution in [3.63, 3.8) is 0 Å². The molecule has 0 radical (unpaired) electrons. The molecule has 1 aromatic carbocycles. The van der Waals surface area contributed by atoms with Gasteiger partial charge >= 0.3 is 6.61 Å². The lowest BCUT2D eigenvalue weighted by atomic mass is 10.1. The molecule has 1 fully saturated rings. The number of halogens is 3. The fraction of sp³-hybridized carbons (Fsp3) is 0.357. The number of nitrogens with one attached hydrogen (secondary N) is 2. The zero-order chi connectivity index (χ0) is 18.8. The lowest BCUT2D eigenvalue weighted by Crippen LogP contribution is -2.19. The average Bonchev–Trinajstić information content (AvgIpc) is 3.35. The van der Waals surface area contributed by atoms with Gasteiger partial charge in [-0.05, 0) is 35.4 Å². The summed E-state index contributed by atoms with van der Waals surface area (Å²) in [6, 6.07) is 2.33. The van der Waals surface area contributed by atoms with Crippen molar-refractivity contribution in [3.8, 4) is 5.75 Å². The number of anilines is 2. The van der Waals surface area contributed by atoms with E-state index in [1.807, 2.05) is 0 Å². The summed E-state index contributed by atoms with van der Waals surface area (Å²) in [6.07, 6.45) is 1.40. The van der Waals surface area contributed by atoms with Gasteiger partial charge in [-0.15, -0.1) is 0 Å². The minimum atomic E-state index is -3.12. The summed E-state index contributed by atoms with van der Waals surface area (Å²) in [6.45, 7) is -3.12. The molecule has 12 heteroatoms. The number of carbonyl (C=O) groups excluding carboxylic acids is 2. The van der Waals surface area contributed by atoms with Crippen LogP contribution in [0.2, 0.25) is 5.02 Å². The average molecular weight is 387 g/mol. The molecule has 0 unspecified atom stereocenters. The predicted octanol–water partition coefficient (Wildman–Crippen LogP) is 2.07. The molecule has 1 aromatic heterocycles. The number of carbonyl (C=O) groups is 2. The Morgan fingerprint density at radius 3 is 2.65 bits per heavy atom. The summed E-state index contributed by atoms with van der Waals surface area (Å²) in [5, 5.41) is 15.2. The Hall–Kier alpha value is -2.82. The maximum Gasteiger partial charge on any atom is 0.387 e. The number of benzene rings is 1. The van der Waals surface area contributed by atoms with E-state index in [-0.39, 0.29) is 39.8 Å². The highest BCUT2D eigenvalue weighted by molar-refractivity contribution is 6.37. The molecule has 3 rings (SSSR count). The van der Waals surface area contributed by atoms with Crippen LogP contribution in [0.25, 0.3) is 0 Å². The summed E-state index contributed by atoms with van der Waals surface area (Å²) in [5.41, 5.74) is -0.255. The van der Waals surface area contributed by atoms with E-state index < -0.39 is 12.5 Å². The van der Waals surface area contributed by atoms with Crippen LogP contribution in [0, 0.1) is 5.92 Å². The number of tetrazole rings is 1. The van der Waals surface area contributed by atoms with Crippen molar-refractivity contribution >= 4 is 35.1 Å². The number of hydrogen-bond acceptors (Lipinski definition) is 6. The third kappa shape index (κ3) is 3.87. The number of ether oxygens (including phenoxy) is 1. The largest absolute Gasteiger partial charge is 0.433 e. The van der Waals surface area contributed by atoms with Gasteiger partial charge in [-0.2, -0.15) is 8.78 Å². The molecule has 2 amide bonds. The topological polar surface area (TPSA) is 111 Å². The van der Waals surface area contributed by atoms with E-state index in [0.717, 1.165) is 6.07 Å². The number of amides is 2. The Morgan fingerprint density at radius 2 is 2.08 bits per heavy atom. The zero-order valence-electron chi connectivity index (χ0n) is 13.4. The molecular weight excluding hydrogens is 374 g/mol. The first-order valence-electron chi connectivity index (χ1n) is 7.48. The lowest BCUT2D eigenvalue weighted by molar-refractivity contribution is -0.117. The van der Waals surface area contributed by atoms with Gasteiger partial charge in [0, 0.05) is 13.0 Å². The molecule has 0 atom stereocenters. The van der Waals surface area contributed by atoms with Crippen molar-refractivity contribution in [2.75, 3.05) is 10.6 Å². The van der Waals surface area contributed by atoms with Gasteiger partial charge < -0.3 is 10.1 Å². The van der Waals surface area contributed by atoms with Crippen LogP contribution in [0.3, 0.4) is 0 Å². The molecule has 2 aromatic rings. The molecule has 9 nitrogen and oxygen atoms in total. The number of aryl methyl sites for hydroxylation is 1. The lowest BCUT2D eigenvalue weighted by Gasteiger charge is -2.15. The van der Waals surface area contributed by atoms with Crippen molar-refractivity contribution in [2.45, 2.75) is 19.5 Å². The van der Waals surface area contributed by atoms with E-state index in [9.17, 15) is 18.4 Å². The van der Waals surface area contributed by atoms with Crippen LogP contribution >= 0.6 is 11.6 Å². The third-order valence-electron chi connectivity index (χ3n) is 3.61. The number of hydrogen-bond donors (Lipinski definition) is 2. The van der Waals surface area contributed by atoms with Crippen molar-refractivity contribution in [1.29, 1.82) is 0 Å². The Bertz CT molecular complexity index is 855. The van der Waals surface area contributed by atoms with Gasteiger partial charge in [-0.25, -0.2) is 4.68 Å². The molecule has 1 heterocycles. The van der Waals surface area contributed by atoms with Gasteiger partial charge in [0.05, 0.1) is 10.6 Å². The van der Waals surface area contributed by atoms with Crippen LogP contribution in [0.1, 0.15) is 23.2 Å². The smallest absolute Gasteiger partial charge is 0.387 e. The monoisotopic (exact) mass is 386 g/mol. The molecular formula is C14H13ClF2N6O3. The number of nitrogens with zero attached hydrogens (tertiary/aromatic N) is 4. The van der Waals surface area contributed by atoms with E-state index in [4.69, 9.17) is 11.6 Å². The molecule has 0 bridgehead atoms. The van der Waals surface area contributed by atoms with E-state index in [0.29, 0.717) is 12.8 Å². The van der Waals surface area contributed by atoms with E-state index >= 15 is 0 Å². The Balaban J connectivity index is 1.91. The van der Waals surface area contributed by atoms with Crippen LogP contribution in [-0.2, 0) is 11.8 Å². The fourth-order valence-corrected chi connectivity index (χ4v) is 2.41. The van der Waals surface area contributed by atoms with Crippen LogP contribution in [0.4, 0.5) is 20.4 Å². The van der Waals surface area contributed by atoms with Crippen LogP contribution in [-0.4, -0.2) is 38.6 Å². The predicted molar refractivity (Wildman–Crippen MR) is 86.2 cm³/mol. The first-order valence-corrected chi connectivity index (χ1v) is 7.86. The summed E-state index contributed by atoms with van der Waals surface area (Å²) in [7, 11) is 1.51. The fourth-order valence-electron chi connectivity index (χ4n) is 2.12. The van der Waals surface area contributed by atoms with E-state index in [1.54, 1.807) is 0 Å². The van der Waals surface area contributed by atoms with Gasteiger partial charge in [0.1, 0.15) is 5.69 Å². The summed E-state index contributed by atoms with van der Waals surface area (Å²) in [4.78, 5) is 24.4. The molecule has 1 aliphatic carbocycles. The number of rotatable bonds is 6. The highest BCUT2D eigenvalue weighted by Crippen LogP contribution is 2.38. The Morgan fingerprint density at radius 1 is 1.35 bits per heavy atom. The van der Waals surface area contributed by atoms with Crippen molar-refractivity contribution < 1.29 is 23.1 Å². The van der Waals surface area contributed by atoms with E-state index in [1.165, 1.54) is 17.8 Å². The maximum absolute atomic E-state index is 12.6. The SMILES string of the molecule is Cn1nnnc1NC(=O)c1ccc(OC(F)F)c(NC(=O)C2CC2)c1Cl. The van der Waals surface area contributed by atoms with Crippen molar-refractivity contribution in [1.82, 2.24) is 20.2 Å². The minimum Gasteiger partial charge on any atom is -0.433 e. The highest BCUT2D eigenvalue weighted by Gasteiger charge is 2.31. The van der Waals surface area contributed by atoms with Gasteiger partial charge in [0.25, 0.3) is 5.91 Å². The first kappa shape index (κ1) is 18.0. The van der Waals surface area contributed by atoms with Crippen molar-refractivity contribution in [3.05, 3.63) is 22.7 Å². The van der Waals surface area contributed by atoms with Crippen molar-refractivity contribution in [2.24, 2.45) is 13.0 Å². The minimum absolute atomic E-state index is 0.0579. The summed E-state index contributed by atoms with van der Waals surface area (Å²) >= 11 is 6.18. The number of alkyl halides is 2. The third-order valence-corrected chi connectivity index (χ3v) is 4.00. The molecule has 1 saturated carbocycles. The molecule has 0 aliphatic heterocycles. The van der Waals surface area contributed by atoms with Crippen LogP contribution in [0.15, 0.2) is 12.1 Å². The first-order chi connectivity index (χ1) is 12.4. The van der Waals surface area contributed by atoms with Gasteiger partial charge in [0.2, 0.25) is 11.9 Å². The summed E-state index contributed by atoms with van der Waals surface area (Å²) in [5.74, 6) is -1.54. The zero-order valence-corrected chi connectivity index (χ0v) is 14.1. The van der Waals surface area contributed by atoms with Gasteiger partial charge in [0.15, 0.2) is 5.75 Å². The molecule has 1 aliphatic rings. The number of aromatic nitrogens is 4. The quantitative estimate of drug-likeness (QED) is 0.786. The standard InChI is InChI=1S/C14H13ClF2N6O3/c1-23-14(20-21-22-23)19-12(25)7-4-5-8(26-13(16)17)10(9(7)15)18-11(24)6-2-3-6/h4-6,13H,2-3H2,1H3,(H,18,24)(H,19,20,22,25). The Kier molecular flexibility index (Phi) is 4.98. The second-order valence-electron chi connectivity index (χ2n) is 5.52. The van der Waals surface area contributed by atoms with Gasteiger partial charge in [-0.1, -0.05) is 16.7 Å². The van der Waals surface area contributed by atoms with Crippen LogP contribution in [0.5, 0.6) is 5.75 Å².